The number of rotatable bonds is 4. The lowest BCUT2D eigenvalue weighted by Gasteiger charge is -2.33. The summed E-state index contributed by atoms with van der Waals surface area (Å²) in [6.07, 6.45) is 1.86. The predicted molar refractivity (Wildman–Crippen MR) is 105 cm³/mol. The highest BCUT2D eigenvalue weighted by atomic mass is 32.2. The first-order chi connectivity index (χ1) is 12.1. The molecule has 1 aliphatic rings. The molecular weight excluding hydrogens is 350 g/mol. The molecule has 130 valence electrons. The molecule has 4 rings (SSSR count). The lowest BCUT2D eigenvalue weighted by molar-refractivity contribution is -0.0542. The molecule has 1 atom stereocenters. The molecule has 0 amide bonds. The number of thiophene rings is 1. The van der Waals surface area contributed by atoms with Gasteiger partial charge in [0.25, 0.3) is 0 Å². The third kappa shape index (κ3) is 3.26. The van der Waals surface area contributed by atoms with Crippen molar-refractivity contribution in [3.63, 3.8) is 0 Å². The van der Waals surface area contributed by atoms with Gasteiger partial charge >= 0.3 is 0 Å². The highest BCUT2D eigenvalue weighted by Crippen LogP contribution is 2.41. The zero-order valence-electron chi connectivity index (χ0n) is 14.4. The summed E-state index contributed by atoms with van der Waals surface area (Å²) in [5, 5.41) is 1.78. The molecule has 0 fully saturated rings. The van der Waals surface area contributed by atoms with Crippen LogP contribution in [0.1, 0.15) is 36.3 Å². The van der Waals surface area contributed by atoms with Gasteiger partial charge in [0, 0.05) is 17.1 Å². The van der Waals surface area contributed by atoms with E-state index in [2.05, 4.69) is 31.0 Å². The molecule has 3 heterocycles. The van der Waals surface area contributed by atoms with Gasteiger partial charge in [-0.25, -0.2) is 9.97 Å². The zero-order valence-corrected chi connectivity index (χ0v) is 16.0. The highest BCUT2D eigenvalue weighted by Gasteiger charge is 2.32. The Labute approximate surface area is 155 Å². The van der Waals surface area contributed by atoms with Crippen LogP contribution in [0.15, 0.2) is 35.5 Å². The maximum atomic E-state index is 6.33. The fraction of sp³-hybridized carbons (Fsp3) is 0.368. The summed E-state index contributed by atoms with van der Waals surface area (Å²) in [6.45, 7) is 4.98. The van der Waals surface area contributed by atoms with Crippen molar-refractivity contribution < 1.29 is 4.74 Å². The Morgan fingerprint density at radius 1 is 1.28 bits per heavy atom. The van der Waals surface area contributed by atoms with Gasteiger partial charge < -0.3 is 10.5 Å². The number of fused-ring (bicyclic) bond motifs is 3. The molecule has 1 aliphatic heterocycles. The van der Waals surface area contributed by atoms with Crippen molar-refractivity contribution in [2.45, 2.75) is 49.8 Å². The Hall–Kier alpha value is -1.63. The van der Waals surface area contributed by atoms with Crippen LogP contribution >= 0.6 is 23.1 Å². The minimum absolute atomic E-state index is 0.117. The smallest absolute Gasteiger partial charge is 0.191 e. The van der Waals surface area contributed by atoms with Crippen molar-refractivity contribution in [2.24, 2.45) is 0 Å². The number of hydrogen-bond donors (Lipinski definition) is 1. The van der Waals surface area contributed by atoms with Crippen molar-refractivity contribution in [3.05, 3.63) is 46.3 Å². The topological polar surface area (TPSA) is 61.0 Å². The zero-order chi connectivity index (χ0) is 17.4. The quantitative estimate of drug-likeness (QED) is 0.527. The number of hydrogen-bond acceptors (Lipinski definition) is 6. The van der Waals surface area contributed by atoms with Crippen LogP contribution in [0.5, 0.6) is 0 Å². The summed E-state index contributed by atoms with van der Waals surface area (Å²) in [6, 6.07) is 10.3. The van der Waals surface area contributed by atoms with E-state index in [0.29, 0.717) is 12.4 Å². The van der Waals surface area contributed by atoms with Crippen molar-refractivity contribution in [3.8, 4) is 0 Å². The normalized spacial score (nSPS) is 19.9. The van der Waals surface area contributed by atoms with Gasteiger partial charge in [-0.05, 0) is 24.5 Å². The van der Waals surface area contributed by atoms with E-state index < -0.39 is 0 Å². The number of thioether (sulfide) groups is 1. The summed E-state index contributed by atoms with van der Waals surface area (Å²) in [4.78, 5) is 11.6. The van der Waals surface area contributed by atoms with Crippen LogP contribution in [0.2, 0.25) is 0 Å². The number of nitrogens with two attached hydrogens (primary N) is 1. The van der Waals surface area contributed by atoms with E-state index in [9.17, 15) is 0 Å². The summed E-state index contributed by atoms with van der Waals surface area (Å²) in [5.74, 6) is 1.44. The van der Waals surface area contributed by atoms with Crippen molar-refractivity contribution in [1.29, 1.82) is 0 Å². The molecule has 4 nitrogen and oxygen atoms in total. The number of ether oxygens (including phenoxy) is 1. The second kappa shape index (κ2) is 6.59. The van der Waals surface area contributed by atoms with E-state index in [-0.39, 0.29) is 5.60 Å². The first kappa shape index (κ1) is 16.8. The van der Waals surface area contributed by atoms with Gasteiger partial charge in [0.05, 0.1) is 17.6 Å². The molecule has 0 bridgehead atoms. The largest absolute Gasteiger partial charge is 0.383 e. The monoisotopic (exact) mass is 371 g/mol. The van der Waals surface area contributed by atoms with E-state index in [1.165, 1.54) is 16.0 Å². The van der Waals surface area contributed by atoms with Crippen molar-refractivity contribution in [2.75, 3.05) is 5.73 Å². The molecule has 1 aromatic carbocycles. The standard InChI is InChI=1S/C19H21N3OS2/c1-3-19(2)9-13-14(10-23-19)25-17-15(13)16(20)21-18(22-17)24-11-12-7-5-4-6-8-12/h4-8H,3,9-11H2,1-2H3,(H2,20,21,22). The SMILES string of the molecule is CCC1(C)Cc2c(sc3nc(SCc4ccccc4)nc(N)c23)CO1. The Morgan fingerprint density at radius 3 is 2.84 bits per heavy atom. The summed E-state index contributed by atoms with van der Waals surface area (Å²) >= 11 is 3.32. The number of nitrogen functional groups attached to an aromatic ring is 1. The molecule has 0 radical (unpaired) electrons. The van der Waals surface area contributed by atoms with Crippen LogP contribution in [0.4, 0.5) is 5.82 Å². The van der Waals surface area contributed by atoms with Gasteiger partial charge in [-0.2, -0.15) is 0 Å². The minimum atomic E-state index is -0.117. The number of aromatic nitrogens is 2. The van der Waals surface area contributed by atoms with Crippen LogP contribution < -0.4 is 5.73 Å². The maximum absolute atomic E-state index is 6.33. The van der Waals surface area contributed by atoms with E-state index in [4.69, 9.17) is 15.5 Å². The lowest BCUT2D eigenvalue weighted by Crippen LogP contribution is -2.33. The third-order valence-corrected chi connectivity index (χ3v) is 6.82. The van der Waals surface area contributed by atoms with Gasteiger partial charge in [-0.3, -0.25) is 0 Å². The maximum Gasteiger partial charge on any atom is 0.191 e. The Balaban J connectivity index is 1.65. The highest BCUT2D eigenvalue weighted by molar-refractivity contribution is 7.98. The number of anilines is 1. The Bertz CT molecular complexity index is 910. The fourth-order valence-electron chi connectivity index (χ4n) is 3.09. The molecule has 3 aromatic rings. The summed E-state index contributed by atoms with van der Waals surface area (Å²) in [7, 11) is 0. The first-order valence-electron chi connectivity index (χ1n) is 8.46. The average molecular weight is 372 g/mol. The van der Waals surface area contributed by atoms with E-state index >= 15 is 0 Å². The van der Waals surface area contributed by atoms with Gasteiger partial charge in [0.1, 0.15) is 10.6 Å². The van der Waals surface area contributed by atoms with Crippen LogP contribution in [0.25, 0.3) is 10.2 Å². The molecule has 0 saturated heterocycles. The van der Waals surface area contributed by atoms with Crippen LogP contribution in [0, 0.1) is 0 Å². The van der Waals surface area contributed by atoms with Crippen LogP contribution in [-0.4, -0.2) is 15.6 Å². The molecular formula is C19H21N3OS2. The molecule has 25 heavy (non-hydrogen) atoms. The van der Waals surface area contributed by atoms with Crippen molar-refractivity contribution >= 4 is 39.1 Å². The molecule has 0 spiro atoms. The Morgan fingerprint density at radius 2 is 2.08 bits per heavy atom. The Kier molecular flexibility index (Phi) is 4.43. The second-order valence-corrected chi connectivity index (χ2v) is 8.64. The first-order valence-corrected chi connectivity index (χ1v) is 10.3. The predicted octanol–water partition coefficient (Wildman–Crippen LogP) is 4.81. The molecule has 2 N–H and O–H groups in total. The van der Waals surface area contributed by atoms with E-state index in [1.54, 1.807) is 23.1 Å². The number of nitrogens with zero attached hydrogens (tertiary/aromatic N) is 2. The minimum Gasteiger partial charge on any atom is -0.383 e. The number of benzene rings is 1. The second-order valence-electron chi connectivity index (χ2n) is 6.62. The third-order valence-electron chi connectivity index (χ3n) is 4.80. The van der Waals surface area contributed by atoms with E-state index in [1.807, 2.05) is 18.2 Å². The lowest BCUT2D eigenvalue weighted by atomic mass is 9.90. The molecule has 6 heteroatoms. The van der Waals surface area contributed by atoms with E-state index in [0.717, 1.165) is 34.0 Å². The van der Waals surface area contributed by atoms with Crippen LogP contribution in [0.3, 0.4) is 0 Å². The van der Waals surface area contributed by atoms with Crippen LogP contribution in [-0.2, 0) is 23.5 Å². The van der Waals surface area contributed by atoms with Gasteiger partial charge in [-0.1, -0.05) is 49.0 Å². The fourth-order valence-corrected chi connectivity index (χ4v) is 5.07. The molecule has 1 unspecified atom stereocenters. The van der Waals surface area contributed by atoms with Gasteiger partial charge in [-0.15, -0.1) is 11.3 Å². The van der Waals surface area contributed by atoms with Gasteiger partial charge in [0.2, 0.25) is 0 Å². The summed E-state index contributed by atoms with van der Waals surface area (Å²) in [5.41, 5.74) is 8.75. The molecule has 0 aliphatic carbocycles. The molecule has 2 aromatic heterocycles. The summed E-state index contributed by atoms with van der Waals surface area (Å²) < 4.78 is 6.06. The average Bonchev–Trinajstić information content (AvgIpc) is 2.98. The van der Waals surface area contributed by atoms with Crippen molar-refractivity contribution in [1.82, 2.24) is 9.97 Å². The molecule has 0 saturated carbocycles. The van der Waals surface area contributed by atoms with Gasteiger partial charge in [0.15, 0.2) is 5.16 Å².